The smallest absolute Gasteiger partial charge is 0.491 e. The molecule has 3 aromatic rings. The lowest BCUT2D eigenvalue weighted by atomic mass is 10.1. The number of alkyl halides is 3. The maximum absolute atomic E-state index is 13.1. The number of hydrogen-bond donors (Lipinski definition) is 2. The van der Waals surface area contributed by atoms with E-state index in [4.69, 9.17) is 4.74 Å². The summed E-state index contributed by atoms with van der Waals surface area (Å²) in [6, 6.07) is 9.11. The van der Waals surface area contributed by atoms with Crippen LogP contribution >= 0.6 is 0 Å². The molecule has 0 fully saturated rings. The molecule has 0 spiro atoms. The van der Waals surface area contributed by atoms with E-state index in [2.05, 4.69) is 15.0 Å². The second-order valence-electron chi connectivity index (χ2n) is 8.29. The molecule has 0 aliphatic rings. The topological polar surface area (TPSA) is 158 Å². The highest BCUT2D eigenvalue weighted by molar-refractivity contribution is 7.89. The number of carbonyl (C=O) groups is 4. The molecule has 0 aliphatic heterocycles. The summed E-state index contributed by atoms with van der Waals surface area (Å²) in [6.45, 7) is 1.20. The molecule has 0 saturated carbocycles. The van der Waals surface area contributed by atoms with Gasteiger partial charge in [-0.3, -0.25) is 14.6 Å². The first kappa shape index (κ1) is 30.2. The Labute approximate surface area is 225 Å². The van der Waals surface area contributed by atoms with Gasteiger partial charge in [0.15, 0.2) is 0 Å². The van der Waals surface area contributed by atoms with E-state index in [9.17, 15) is 40.8 Å². The highest BCUT2D eigenvalue weighted by atomic mass is 32.2. The third kappa shape index (κ3) is 8.07. The van der Waals surface area contributed by atoms with E-state index in [0.717, 1.165) is 22.4 Å². The molecule has 1 unspecified atom stereocenters. The van der Waals surface area contributed by atoms with Crippen molar-refractivity contribution in [2.45, 2.75) is 36.9 Å². The van der Waals surface area contributed by atoms with Crippen LogP contribution in [0.15, 0.2) is 59.8 Å². The number of pyridine rings is 1. The maximum Gasteiger partial charge on any atom is 0.491 e. The van der Waals surface area contributed by atoms with Crippen LogP contribution in [0.5, 0.6) is 5.75 Å². The standard InChI is InChI=1S/C25H22F3N3O8S/c1-15(33)30-18-6-7-22(40(36,37)31-19(14-32)11-23(34)39-24(35)25(26,27)28)21(10-18)38-9-8-17-13-29-12-16-4-2-3-5-20(16)17/h2-7,10,12-14,19,31H,8-9,11H2,1H3,(H,30,33). The quantitative estimate of drug-likeness (QED) is 0.197. The molecule has 0 saturated heterocycles. The molecule has 0 radical (unpaired) electrons. The summed E-state index contributed by atoms with van der Waals surface area (Å²) >= 11 is 0. The predicted octanol–water partition coefficient (Wildman–Crippen LogP) is 2.68. The Bertz CT molecular complexity index is 1540. The summed E-state index contributed by atoms with van der Waals surface area (Å²) in [5.41, 5.74) is 1.00. The number of aldehydes is 1. The van der Waals surface area contributed by atoms with Crippen LogP contribution in [0.3, 0.4) is 0 Å². The van der Waals surface area contributed by atoms with Gasteiger partial charge in [-0.2, -0.15) is 13.2 Å². The number of amides is 1. The largest absolute Gasteiger partial charge is 0.492 e. The molecule has 1 heterocycles. The van der Waals surface area contributed by atoms with E-state index < -0.39 is 51.4 Å². The van der Waals surface area contributed by atoms with Crippen LogP contribution in [0.1, 0.15) is 18.9 Å². The molecule has 0 aliphatic carbocycles. The molecule has 11 nitrogen and oxygen atoms in total. The number of fused-ring (bicyclic) bond motifs is 1. The van der Waals surface area contributed by atoms with Crippen LogP contribution in [0, 0.1) is 0 Å². The van der Waals surface area contributed by atoms with Crippen molar-refractivity contribution in [3.05, 3.63) is 60.4 Å². The zero-order valence-electron chi connectivity index (χ0n) is 20.7. The summed E-state index contributed by atoms with van der Waals surface area (Å²) in [6.07, 6.45) is -3.08. The van der Waals surface area contributed by atoms with Gasteiger partial charge in [0.25, 0.3) is 0 Å². The monoisotopic (exact) mass is 581 g/mol. The van der Waals surface area contributed by atoms with Crippen LogP contribution < -0.4 is 14.8 Å². The van der Waals surface area contributed by atoms with Crippen LogP contribution in [-0.4, -0.2) is 56.4 Å². The van der Waals surface area contributed by atoms with Crippen molar-refractivity contribution in [2.75, 3.05) is 11.9 Å². The average Bonchev–Trinajstić information content (AvgIpc) is 2.87. The molecule has 1 amide bonds. The SMILES string of the molecule is CC(=O)Nc1ccc(S(=O)(=O)NC(C=O)CC(=O)OC(=O)C(F)(F)F)c(OCCc2cncc3ccccc23)c1. The second-order valence-corrected chi connectivity index (χ2v) is 9.97. The Hall–Kier alpha value is -4.37. The first-order chi connectivity index (χ1) is 18.8. The predicted molar refractivity (Wildman–Crippen MR) is 134 cm³/mol. The number of aromatic nitrogens is 1. The Morgan fingerprint density at radius 1 is 1.10 bits per heavy atom. The third-order valence-electron chi connectivity index (χ3n) is 5.23. The lowest BCUT2D eigenvalue weighted by Gasteiger charge is -2.17. The van der Waals surface area contributed by atoms with Gasteiger partial charge < -0.3 is 19.6 Å². The average molecular weight is 582 g/mol. The Morgan fingerprint density at radius 3 is 2.50 bits per heavy atom. The van der Waals surface area contributed by atoms with Gasteiger partial charge in [0.2, 0.25) is 15.9 Å². The molecular weight excluding hydrogens is 559 g/mol. The number of carbonyl (C=O) groups excluding carboxylic acids is 4. The van der Waals surface area contributed by atoms with E-state index in [1.54, 1.807) is 12.4 Å². The maximum atomic E-state index is 13.1. The molecule has 1 atom stereocenters. The minimum absolute atomic E-state index is 0.0370. The van der Waals surface area contributed by atoms with Crippen LogP contribution in [0.2, 0.25) is 0 Å². The Morgan fingerprint density at radius 2 is 1.82 bits per heavy atom. The fourth-order valence-corrected chi connectivity index (χ4v) is 4.83. The molecule has 2 aromatic carbocycles. The van der Waals surface area contributed by atoms with E-state index in [0.29, 0.717) is 6.42 Å². The minimum atomic E-state index is -5.46. The van der Waals surface area contributed by atoms with Gasteiger partial charge in [-0.05, 0) is 23.1 Å². The van der Waals surface area contributed by atoms with Crippen molar-refractivity contribution in [3.63, 3.8) is 0 Å². The third-order valence-corrected chi connectivity index (χ3v) is 6.76. The van der Waals surface area contributed by atoms with Gasteiger partial charge in [0.1, 0.15) is 16.9 Å². The molecule has 1 aromatic heterocycles. The normalized spacial score (nSPS) is 12.4. The second kappa shape index (κ2) is 12.7. The van der Waals surface area contributed by atoms with E-state index in [-0.39, 0.29) is 24.3 Å². The number of nitrogens with zero attached hydrogens (tertiary/aromatic N) is 1. The molecule has 212 valence electrons. The highest BCUT2D eigenvalue weighted by Crippen LogP contribution is 2.29. The highest BCUT2D eigenvalue weighted by Gasteiger charge is 2.42. The molecule has 2 N–H and O–H groups in total. The fraction of sp³-hybridized carbons (Fsp3) is 0.240. The minimum Gasteiger partial charge on any atom is -0.492 e. The van der Waals surface area contributed by atoms with Crippen molar-refractivity contribution in [1.82, 2.24) is 9.71 Å². The van der Waals surface area contributed by atoms with Crippen molar-refractivity contribution < 1.29 is 50.2 Å². The molecule has 0 bridgehead atoms. The van der Waals surface area contributed by atoms with Crippen molar-refractivity contribution >= 4 is 50.6 Å². The summed E-state index contributed by atoms with van der Waals surface area (Å²) in [5.74, 6) is -5.26. The van der Waals surface area contributed by atoms with Crippen molar-refractivity contribution in [3.8, 4) is 5.75 Å². The number of rotatable bonds is 11. The van der Waals surface area contributed by atoms with E-state index in [1.807, 2.05) is 29.0 Å². The van der Waals surface area contributed by atoms with Gasteiger partial charge in [-0.25, -0.2) is 17.9 Å². The van der Waals surface area contributed by atoms with Crippen LogP contribution in [0.4, 0.5) is 18.9 Å². The molecular formula is C25H22F3N3O8S. The van der Waals surface area contributed by atoms with Gasteiger partial charge in [0.05, 0.1) is 19.1 Å². The summed E-state index contributed by atoms with van der Waals surface area (Å²) in [4.78, 5) is 49.1. The Balaban J connectivity index is 1.81. The van der Waals surface area contributed by atoms with Crippen LogP contribution in [-0.2, 0) is 40.4 Å². The van der Waals surface area contributed by atoms with Crippen molar-refractivity contribution in [1.29, 1.82) is 0 Å². The number of ether oxygens (including phenoxy) is 2. The number of benzene rings is 2. The zero-order valence-corrected chi connectivity index (χ0v) is 21.5. The van der Waals surface area contributed by atoms with Gasteiger partial charge in [0, 0.05) is 42.9 Å². The Kier molecular flexibility index (Phi) is 9.55. The van der Waals surface area contributed by atoms with E-state index in [1.165, 1.54) is 19.1 Å². The lowest BCUT2D eigenvalue weighted by molar-refractivity contribution is -0.202. The fourth-order valence-electron chi connectivity index (χ4n) is 3.54. The lowest BCUT2D eigenvalue weighted by Crippen LogP contribution is -2.39. The van der Waals surface area contributed by atoms with Gasteiger partial charge in [-0.1, -0.05) is 24.3 Å². The van der Waals surface area contributed by atoms with Gasteiger partial charge in [-0.15, -0.1) is 0 Å². The summed E-state index contributed by atoms with van der Waals surface area (Å²) in [5, 5.41) is 4.27. The summed E-state index contributed by atoms with van der Waals surface area (Å²) in [7, 11) is -4.63. The number of nitrogens with one attached hydrogen (secondary N) is 2. The number of anilines is 1. The number of halogens is 3. The number of hydrogen-bond acceptors (Lipinski definition) is 9. The zero-order chi connectivity index (χ0) is 29.5. The van der Waals surface area contributed by atoms with Gasteiger partial charge >= 0.3 is 18.1 Å². The molecule has 40 heavy (non-hydrogen) atoms. The number of sulfonamides is 1. The first-order valence-electron chi connectivity index (χ1n) is 11.5. The summed E-state index contributed by atoms with van der Waals surface area (Å²) < 4.78 is 74.3. The first-order valence-corrected chi connectivity index (χ1v) is 12.9. The van der Waals surface area contributed by atoms with Crippen LogP contribution in [0.25, 0.3) is 10.8 Å². The van der Waals surface area contributed by atoms with Crippen molar-refractivity contribution in [2.24, 2.45) is 0 Å². The van der Waals surface area contributed by atoms with E-state index >= 15 is 0 Å². The number of esters is 2. The molecule has 3 rings (SSSR count). The molecule has 15 heteroatoms.